The first kappa shape index (κ1) is 56.8. The molecule has 0 radical (unpaired) electrons. The zero-order chi connectivity index (χ0) is 54.3. The van der Waals surface area contributed by atoms with E-state index in [1.165, 1.54) is 18.1 Å². The van der Waals surface area contributed by atoms with Crippen LogP contribution in [0.15, 0.2) is 60.9 Å². The Morgan fingerprint density at radius 1 is 0.703 bits per heavy atom. The summed E-state index contributed by atoms with van der Waals surface area (Å²) in [6.07, 6.45) is 8.42. The van der Waals surface area contributed by atoms with Crippen molar-refractivity contribution in [3.63, 3.8) is 0 Å². The molecule has 2 saturated carbocycles. The van der Waals surface area contributed by atoms with E-state index >= 15 is 0 Å². The normalized spacial score (nSPS) is 22.6. The Balaban J connectivity index is 0.000000198. The lowest BCUT2D eigenvalue weighted by Gasteiger charge is -2.34. The fourth-order valence-corrected chi connectivity index (χ4v) is 10.8. The van der Waals surface area contributed by atoms with E-state index in [1.54, 1.807) is 53.9 Å². The summed E-state index contributed by atoms with van der Waals surface area (Å²) in [7, 11) is 3.24. The first-order valence-corrected chi connectivity index (χ1v) is 26.2. The topological polar surface area (TPSA) is 264 Å². The van der Waals surface area contributed by atoms with Crippen molar-refractivity contribution in [2.45, 2.75) is 155 Å². The summed E-state index contributed by atoms with van der Waals surface area (Å²) in [5.41, 5.74) is 8.34. The second kappa shape index (κ2) is 24.3. The predicted octanol–water partition coefficient (Wildman–Crippen LogP) is 5.61. The zero-order valence-corrected chi connectivity index (χ0v) is 45.0. The quantitative estimate of drug-likeness (QED) is 0.0816. The van der Waals surface area contributed by atoms with E-state index in [0.717, 1.165) is 60.3 Å². The number of para-hydroxylation sites is 2. The Morgan fingerprint density at radius 2 is 1.19 bits per heavy atom. The summed E-state index contributed by atoms with van der Waals surface area (Å²) < 4.78 is 5.33. The molecule has 9 N–H and O–H groups in total. The van der Waals surface area contributed by atoms with Crippen molar-refractivity contribution in [3.05, 3.63) is 72.1 Å². The van der Waals surface area contributed by atoms with E-state index in [4.69, 9.17) is 15.6 Å². The molecule has 2 aromatic carbocycles. The summed E-state index contributed by atoms with van der Waals surface area (Å²) in [5.74, 6) is -0.981. The number of benzene rings is 2. The molecule has 6 unspecified atom stereocenters. The van der Waals surface area contributed by atoms with Gasteiger partial charge in [0.2, 0.25) is 23.6 Å². The van der Waals surface area contributed by atoms with Gasteiger partial charge in [-0.25, -0.2) is 9.59 Å². The van der Waals surface area contributed by atoms with Gasteiger partial charge in [-0.05, 0) is 116 Å². The van der Waals surface area contributed by atoms with E-state index < -0.39 is 35.8 Å². The number of ether oxygens (including phenoxy) is 1. The number of nitrogens with one attached hydrogen (secondary N) is 6. The molecule has 404 valence electrons. The molecule has 6 amide bonds. The van der Waals surface area contributed by atoms with Crippen molar-refractivity contribution in [1.82, 2.24) is 45.9 Å². The standard InChI is InChI=1S/C25H35N5O3.C21H38N4O4.C9H7NO2/c1-14(2)21(29-23(31)15(3)26-4)25(33)30-12-11-16-9-10-20(22(16)30)28-24(32)18-13-27-19-8-6-5-7-17(18)19;1-12(2)16(19(27)25-11-10-14-8-9-15(22)17(14)25)23-18(26)13(3)24(7)20(28)29-21(4,5)6;11-9(12)7-5-10-8-4-2-1-3-6(7)8/h5-8,13-16,20-22,26-27H,9-12H2,1-4H3,(H,28,32)(H,29,31);12-17H,8-11,22H2,1-7H3,(H,23,26);1-5,10H,(H,11,12)/t15-,16?,20?,21-,22?;13-,14?,15?,16-,17?;/m00./s1. The maximum Gasteiger partial charge on any atom is 0.410 e. The number of carbonyl (C=O) groups excluding carboxylic acids is 6. The maximum atomic E-state index is 13.6. The number of rotatable bonds is 13. The second-order valence-corrected chi connectivity index (χ2v) is 22.1. The fourth-order valence-electron chi connectivity index (χ4n) is 10.8. The van der Waals surface area contributed by atoms with Crippen molar-refractivity contribution in [3.8, 4) is 0 Å². The van der Waals surface area contributed by atoms with E-state index in [0.29, 0.717) is 36.1 Å². The number of aromatic nitrogens is 2. The van der Waals surface area contributed by atoms with Gasteiger partial charge in [-0.15, -0.1) is 0 Å². The molecule has 2 aliphatic heterocycles. The number of amides is 6. The Bertz CT molecular complexity index is 2640. The van der Waals surface area contributed by atoms with Crippen molar-refractivity contribution in [1.29, 1.82) is 0 Å². The third-order valence-electron chi connectivity index (χ3n) is 15.2. The lowest BCUT2D eigenvalue weighted by Crippen LogP contribution is -2.58. The lowest BCUT2D eigenvalue weighted by molar-refractivity contribution is -0.139. The molecule has 8 rings (SSSR count). The van der Waals surface area contributed by atoms with Crippen LogP contribution in [0.1, 0.15) is 122 Å². The lowest BCUT2D eigenvalue weighted by atomic mass is 9.99. The summed E-state index contributed by atoms with van der Waals surface area (Å²) in [6.45, 7) is 17.8. The number of carbonyl (C=O) groups is 7. The van der Waals surface area contributed by atoms with E-state index in [9.17, 15) is 33.6 Å². The monoisotopic (exact) mass is 1020 g/mol. The highest BCUT2D eigenvalue weighted by atomic mass is 16.6. The smallest absolute Gasteiger partial charge is 0.410 e. The van der Waals surface area contributed by atoms with E-state index in [2.05, 4.69) is 31.2 Å². The number of fused-ring (bicyclic) bond motifs is 4. The van der Waals surface area contributed by atoms with Crippen molar-refractivity contribution in [2.75, 3.05) is 27.2 Å². The number of likely N-dealkylation sites (tertiary alicyclic amines) is 2. The molecule has 4 aromatic rings. The van der Waals surface area contributed by atoms with Gasteiger partial charge >= 0.3 is 12.1 Å². The molecule has 4 heterocycles. The molecule has 19 nitrogen and oxygen atoms in total. The van der Waals surface area contributed by atoms with Gasteiger partial charge in [-0.1, -0.05) is 64.1 Å². The summed E-state index contributed by atoms with van der Waals surface area (Å²) in [4.78, 5) is 99.3. The molecule has 0 spiro atoms. The first-order chi connectivity index (χ1) is 34.9. The van der Waals surface area contributed by atoms with Crippen LogP contribution in [0.5, 0.6) is 0 Å². The van der Waals surface area contributed by atoms with Gasteiger partial charge in [0.15, 0.2) is 0 Å². The number of hydrogen-bond acceptors (Lipinski definition) is 10. The van der Waals surface area contributed by atoms with Crippen molar-refractivity contribution >= 4 is 63.4 Å². The van der Waals surface area contributed by atoms with Crippen LogP contribution in [0, 0.1) is 23.7 Å². The summed E-state index contributed by atoms with van der Waals surface area (Å²) in [5, 5.41) is 22.3. The van der Waals surface area contributed by atoms with Gasteiger partial charge in [0, 0.05) is 72.5 Å². The van der Waals surface area contributed by atoms with Crippen molar-refractivity contribution < 1.29 is 43.4 Å². The number of nitrogens with zero attached hydrogens (tertiary/aromatic N) is 3. The van der Waals surface area contributed by atoms with Gasteiger partial charge in [0.25, 0.3) is 5.91 Å². The highest BCUT2D eigenvalue weighted by Crippen LogP contribution is 2.40. The largest absolute Gasteiger partial charge is 0.478 e. The highest BCUT2D eigenvalue weighted by molar-refractivity contribution is 6.07. The number of H-pyrrole nitrogens is 2. The Hall–Kier alpha value is -6.47. The van der Waals surface area contributed by atoms with Crippen LogP contribution in [-0.4, -0.2) is 152 Å². The van der Waals surface area contributed by atoms with E-state index in [1.807, 2.05) is 80.0 Å². The molecule has 74 heavy (non-hydrogen) atoms. The number of likely N-dealkylation sites (N-methyl/N-ethyl adjacent to an activating group) is 2. The molecule has 2 saturated heterocycles. The minimum Gasteiger partial charge on any atom is -0.478 e. The molecule has 4 aliphatic rings. The minimum absolute atomic E-state index is 0.00666. The van der Waals surface area contributed by atoms with Crippen LogP contribution in [0.3, 0.4) is 0 Å². The van der Waals surface area contributed by atoms with Crippen LogP contribution < -0.4 is 27.0 Å². The van der Waals surface area contributed by atoms with Crippen LogP contribution in [0.2, 0.25) is 0 Å². The van der Waals surface area contributed by atoms with Gasteiger partial charge in [-0.3, -0.25) is 28.9 Å². The Morgan fingerprint density at radius 3 is 1.72 bits per heavy atom. The third-order valence-corrected chi connectivity index (χ3v) is 15.2. The molecule has 0 bridgehead atoms. The fraction of sp³-hybridized carbons (Fsp3) is 0.582. The number of nitrogens with two attached hydrogens (primary N) is 1. The summed E-state index contributed by atoms with van der Waals surface area (Å²) in [6, 6.07) is 12.6. The van der Waals surface area contributed by atoms with Gasteiger partial charge in [-0.2, -0.15) is 0 Å². The average Bonchev–Trinajstić information content (AvgIpc) is 4.23. The SMILES string of the molecule is CC(C)[C@H](NC(=O)[C@H](C)N(C)C(=O)OC(C)(C)C)C(=O)N1CCC2CCC(N)C21.CN[C@@H](C)C(=O)N[C@H](C(=O)N1CCC2CCC(NC(=O)c3c[nH]c4ccccc34)C21)C(C)C.O=C(O)c1c[nH]c2ccccc12. The molecule has 19 heteroatoms. The molecule has 10 atom stereocenters. The van der Waals surface area contributed by atoms with Crippen LogP contribution >= 0.6 is 0 Å². The number of aromatic carboxylic acids is 1. The van der Waals surface area contributed by atoms with Crippen LogP contribution in [-0.2, 0) is 23.9 Å². The average molecular weight is 1030 g/mol. The Kier molecular flexibility index (Phi) is 18.6. The molecular weight excluding hydrogens is 945 g/mol. The predicted molar refractivity (Wildman–Crippen MR) is 284 cm³/mol. The third kappa shape index (κ3) is 13.1. The summed E-state index contributed by atoms with van der Waals surface area (Å²) >= 11 is 0. The number of carboxylic acid groups (broad SMARTS) is 1. The first-order valence-electron chi connectivity index (χ1n) is 26.2. The molecule has 4 fully saturated rings. The second-order valence-electron chi connectivity index (χ2n) is 22.1. The number of aromatic amines is 2. The number of hydrogen-bond donors (Lipinski definition) is 8. The molecule has 2 aromatic heterocycles. The molecular formula is C55H80N10O9. The van der Waals surface area contributed by atoms with Gasteiger partial charge in [0.1, 0.15) is 23.7 Å². The number of carboxylic acids is 1. The van der Waals surface area contributed by atoms with Crippen LogP contribution in [0.4, 0.5) is 4.79 Å². The van der Waals surface area contributed by atoms with E-state index in [-0.39, 0.29) is 71.6 Å². The van der Waals surface area contributed by atoms with Crippen LogP contribution in [0.25, 0.3) is 21.8 Å². The Labute approximate surface area is 434 Å². The molecule has 2 aliphatic carbocycles. The zero-order valence-electron chi connectivity index (χ0n) is 45.0. The highest BCUT2D eigenvalue weighted by Gasteiger charge is 2.49. The van der Waals surface area contributed by atoms with Gasteiger partial charge in [0.05, 0.1) is 23.2 Å². The maximum absolute atomic E-state index is 13.6. The van der Waals surface area contributed by atoms with Crippen molar-refractivity contribution in [2.24, 2.45) is 29.4 Å². The van der Waals surface area contributed by atoms with Gasteiger partial charge < -0.3 is 56.6 Å². The minimum atomic E-state index is -0.896.